The van der Waals surface area contributed by atoms with Crippen LogP contribution in [0, 0.1) is 12.8 Å². The molecule has 33 heavy (non-hydrogen) atoms. The smallest absolute Gasteiger partial charge is 0.295 e. The van der Waals surface area contributed by atoms with E-state index in [9.17, 15) is 9.59 Å². The molecule has 1 fully saturated rings. The molecule has 1 saturated carbocycles. The summed E-state index contributed by atoms with van der Waals surface area (Å²) in [6.45, 7) is 8.38. The van der Waals surface area contributed by atoms with Gasteiger partial charge in [-0.2, -0.15) is 0 Å². The van der Waals surface area contributed by atoms with E-state index >= 15 is 0 Å². The molecule has 0 N–H and O–H groups in total. The van der Waals surface area contributed by atoms with Gasteiger partial charge in [-0.15, -0.1) is 11.6 Å². The maximum atomic E-state index is 13.8. The third kappa shape index (κ3) is 3.76. The predicted octanol–water partition coefficient (Wildman–Crippen LogP) is 5.40. The standard InChI is InChI=1S/C27H29ClN2O3/c1-15-6-5-7-21(29-15)30-23(16-8-10-17(11-9-16)27(2,3)4)22-24(31)19-14-18(28)12-13-20(19)33-25(22)26(30)32/h5-11,18-20,23H,12-14H2,1-4H3. The Kier molecular flexibility index (Phi) is 5.36. The number of ether oxygens (including phenoxy) is 1. The summed E-state index contributed by atoms with van der Waals surface area (Å²) in [5.74, 6) is 0.0822. The van der Waals surface area contributed by atoms with Crippen molar-refractivity contribution in [1.29, 1.82) is 0 Å². The molecule has 0 saturated heterocycles. The first-order valence-corrected chi connectivity index (χ1v) is 12.1. The van der Waals surface area contributed by atoms with Crippen LogP contribution in [0.3, 0.4) is 0 Å². The highest BCUT2D eigenvalue weighted by Gasteiger charge is 2.53. The van der Waals surface area contributed by atoms with Crippen molar-refractivity contribution in [3.8, 4) is 0 Å². The lowest BCUT2D eigenvalue weighted by Crippen LogP contribution is -2.41. The highest BCUT2D eigenvalue weighted by Crippen LogP contribution is 2.48. The predicted molar refractivity (Wildman–Crippen MR) is 128 cm³/mol. The topological polar surface area (TPSA) is 59.5 Å². The summed E-state index contributed by atoms with van der Waals surface area (Å²) in [6.07, 6.45) is 1.76. The SMILES string of the molecule is Cc1cccc(N2C(=O)C3=C(C(=O)C4CC(Cl)CCC4O3)C2c2ccc(C(C)(C)C)cc2)n1. The van der Waals surface area contributed by atoms with E-state index in [4.69, 9.17) is 16.3 Å². The zero-order valence-electron chi connectivity index (χ0n) is 19.5. The van der Waals surface area contributed by atoms with E-state index in [0.29, 0.717) is 24.2 Å². The molecule has 0 spiro atoms. The van der Waals surface area contributed by atoms with Gasteiger partial charge >= 0.3 is 0 Å². The summed E-state index contributed by atoms with van der Waals surface area (Å²) in [6, 6.07) is 13.2. The molecular formula is C27H29ClN2O3. The number of Topliss-reactive ketones (excluding diaryl/α,β-unsaturated/α-hetero) is 1. The number of rotatable bonds is 2. The van der Waals surface area contributed by atoms with E-state index < -0.39 is 6.04 Å². The molecule has 0 radical (unpaired) electrons. The fourth-order valence-electron chi connectivity index (χ4n) is 5.20. The van der Waals surface area contributed by atoms with Crippen molar-refractivity contribution in [2.75, 3.05) is 4.90 Å². The highest BCUT2D eigenvalue weighted by molar-refractivity contribution is 6.21. The number of carbonyl (C=O) groups is 2. The fourth-order valence-corrected chi connectivity index (χ4v) is 5.51. The molecule has 5 nitrogen and oxygen atoms in total. The Morgan fingerprint density at radius 2 is 1.79 bits per heavy atom. The first-order chi connectivity index (χ1) is 15.6. The van der Waals surface area contributed by atoms with Crippen molar-refractivity contribution in [2.45, 2.75) is 69.9 Å². The van der Waals surface area contributed by atoms with Gasteiger partial charge in [0.2, 0.25) is 0 Å². The van der Waals surface area contributed by atoms with Crippen molar-refractivity contribution in [3.63, 3.8) is 0 Å². The Hall–Kier alpha value is -2.66. The number of nitrogens with zero attached hydrogens (tertiary/aromatic N) is 2. The number of alkyl halides is 1. The summed E-state index contributed by atoms with van der Waals surface area (Å²) in [5.41, 5.74) is 3.31. The van der Waals surface area contributed by atoms with Crippen LogP contribution in [0.1, 0.15) is 62.9 Å². The van der Waals surface area contributed by atoms with Gasteiger partial charge in [-0.1, -0.05) is 51.1 Å². The number of ketones is 1. The van der Waals surface area contributed by atoms with E-state index in [2.05, 4.69) is 37.9 Å². The molecule has 3 aliphatic rings. The Labute approximate surface area is 199 Å². The van der Waals surface area contributed by atoms with Crippen molar-refractivity contribution in [1.82, 2.24) is 4.98 Å². The molecule has 1 aromatic heterocycles. The van der Waals surface area contributed by atoms with Crippen LogP contribution in [0.15, 0.2) is 53.8 Å². The minimum absolute atomic E-state index is 0.000681. The molecule has 1 aliphatic carbocycles. The number of benzene rings is 1. The molecule has 1 amide bonds. The number of hydrogen-bond acceptors (Lipinski definition) is 4. The van der Waals surface area contributed by atoms with Gasteiger partial charge in [0.1, 0.15) is 11.9 Å². The van der Waals surface area contributed by atoms with E-state index in [1.807, 2.05) is 37.3 Å². The molecule has 1 aromatic carbocycles. The lowest BCUT2D eigenvalue weighted by Gasteiger charge is -2.37. The number of amides is 1. The molecule has 2 aliphatic heterocycles. The Morgan fingerprint density at radius 1 is 1.06 bits per heavy atom. The van der Waals surface area contributed by atoms with Crippen LogP contribution in [0.2, 0.25) is 0 Å². The number of aromatic nitrogens is 1. The van der Waals surface area contributed by atoms with Crippen LogP contribution >= 0.6 is 11.6 Å². The quantitative estimate of drug-likeness (QED) is 0.558. The fraction of sp³-hybridized carbons (Fsp3) is 0.444. The summed E-state index contributed by atoms with van der Waals surface area (Å²) < 4.78 is 6.24. The van der Waals surface area contributed by atoms with Crippen LogP contribution in [-0.2, 0) is 19.7 Å². The number of halogens is 1. The van der Waals surface area contributed by atoms with Crippen molar-refractivity contribution < 1.29 is 14.3 Å². The number of pyridine rings is 1. The van der Waals surface area contributed by atoms with Gasteiger partial charge in [-0.3, -0.25) is 14.5 Å². The molecule has 172 valence electrons. The number of fused-ring (bicyclic) bond motifs is 1. The number of hydrogen-bond donors (Lipinski definition) is 0. The summed E-state index contributed by atoms with van der Waals surface area (Å²) in [4.78, 5) is 33.7. The third-order valence-electron chi connectivity index (χ3n) is 7.00. The molecule has 6 heteroatoms. The van der Waals surface area contributed by atoms with E-state index in [1.165, 1.54) is 5.56 Å². The van der Waals surface area contributed by atoms with Crippen LogP contribution in [0.4, 0.5) is 5.82 Å². The van der Waals surface area contributed by atoms with Gasteiger partial charge in [0, 0.05) is 11.1 Å². The Morgan fingerprint density at radius 3 is 2.45 bits per heavy atom. The van der Waals surface area contributed by atoms with Gasteiger partial charge in [-0.25, -0.2) is 4.98 Å². The normalized spacial score (nSPS) is 27.4. The third-order valence-corrected chi connectivity index (χ3v) is 7.39. The lowest BCUT2D eigenvalue weighted by molar-refractivity contribution is -0.131. The van der Waals surface area contributed by atoms with Crippen molar-refractivity contribution >= 4 is 29.1 Å². The van der Waals surface area contributed by atoms with Gasteiger partial charge in [-0.05, 0) is 54.9 Å². The van der Waals surface area contributed by atoms with E-state index in [-0.39, 0.29) is 40.3 Å². The lowest BCUT2D eigenvalue weighted by atomic mass is 9.77. The summed E-state index contributed by atoms with van der Waals surface area (Å²) in [7, 11) is 0. The average Bonchev–Trinajstić information content (AvgIpc) is 3.06. The number of carbonyl (C=O) groups excluding carboxylic acids is 2. The second kappa shape index (κ2) is 7.98. The molecule has 4 atom stereocenters. The van der Waals surface area contributed by atoms with Gasteiger partial charge in [0.25, 0.3) is 5.91 Å². The second-order valence-corrected chi connectivity index (χ2v) is 11.0. The summed E-state index contributed by atoms with van der Waals surface area (Å²) in [5, 5.41) is -0.0443. The maximum Gasteiger partial charge on any atom is 0.295 e. The van der Waals surface area contributed by atoms with Gasteiger partial charge in [0.15, 0.2) is 11.5 Å². The molecule has 2 aromatic rings. The first kappa shape index (κ1) is 22.1. The van der Waals surface area contributed by atoms with Crippen LogP contribution < -0.4 is 4.90 Å². The minimum Gasteiger partial charge on any atom is -0.483 e. The first-order valence-electron chi connectivity index (χ1n) is 11.6. The zero-order chi connectivity index (χ0) is 23.5. The monoisotopic (exact) mass is 464 g/mol. The highest BCUT2D eigenvalue weighted by atomic mass is 35.5. The molecule has 4 unspecified atom stereocenters. The Balaban J connectivity index is 1.63. The van der Waals surface area contributed by atoms with Gasteiger partial charge < -0.3 is 4.74 Å². The summed E-state index contributed by atoms with van der Waals surface area (Å²) >= 11 is 6.42. The minimum atomic E-state index is -0.569. The van der Waals surface area contributed by atoms with Crippen molar-refractivity contribution in [2.24, 2.45) is 5.92 Å². The van der Waals surface area contributed by atoms with Crippen LogP contribution in [0.5, 0.6) is 0 Å². The van der Waals surface area contributed by atoms with Crippen LogP contribution in [0.25, 0.3) is 0 Å². The second-order valence-electron chi connectivity index (χ2n) is 10.4. The molecule has 3 heterocycles. The largest absolute Gasteiger partial charge is 0.483 e. The molecular weight excluding hydrogens is 436 g/mol. The van der Waals surface area contributed by atoms with E-state index in [1.54, 1.807) is 4.90 Å². The van der Waals surface area contributed by atoms with Gasteiger partial charge in [0.05, 0.1) is 17.5 Å². The zero-order valence-corrected chi connectivity index (χ0v) is 20.2. The van der Waals surface area contributed by atoms with E-state index in [0.717, 1.165) is 17.7 Å². The maximum absolute atomic E-state index is 13.8. The van der Waals surface area contributed by atoms with Crippen molar-refractivity contribution in [3.05, 3.63) is 70.6 Å². The number of aryl methyl sites for hydroxylation is 1. The molecule has 5 rings (SSSR count). The Bertz CT molecular complexity index is 1150. The van der Waals surface area contributed by atoms with Crippen LogP contribution in [-0.4, -0.2) is 28.2 Å². The number of anilines is 1. The molecule has 0 bridgehead atoms. The average molecular weight is 465 g/mol.